The van der Waals surface area contributed by atoms with Crippen molar-refractivity contribution in [3.63, 3.8) is 0 Å². The standard InChI is InChI=1S/C22H19N3O2S2/c1-27-17-10-11-19-20(13-17)29-22(24-19)25(14-16-7-5-6-12-23-16)21(26)15-28-18-8-3-2-4-9-18/h2-13H,14-15H2,1H3. The highest BCUT2D eigenvalue weighted by atomic mass is 32.2. The van der Waals surface area contributed by atoms with Gasteiger partial charge in [-0.25, -0.2) is 4.98 Å². The molecule has 0 unspecified atom stereocenters. The highest BCUT2D eigenvalue weighted by Crippen LogP contribution is 2.32. The second-order valence-corrected chi connectivity index (χ2v) is 8.29. The molecule has 2 aromatic carbocycles. The molecule has 0 saturated heterocycles. The average Bonchev–Trinajstić information content (AvgIpc) is 3.20. The number of methoxy groups -OCH3 is 1. The van der Waals surface area contributed by atoms with Crippen molar-refractivity contribution in [1.29, 1.82) is 0 Å². The zero-order valence-electron chi connectivity index (χ0n) is 15.8. The van der Waals surface area contributed by atoms with Crippen molar-refractivity contribution < 1.29 is 9.53 Å². The molecule has 2 aromatic heterocycles. The summed E-state index contributed by atoms with van der Waals surface area (Å²) in [6.07, 6.45) is 1.74. The van der Waals surface area contributed by atoms with Gasteiger partial charge in [0.2, 0.25) is 5.91 Å². The van der Waals surface area contributed by atoms with Crippen molar-refractivity contribution in [2.75, 3.05) is 17.8 Å². The predicted molar refractivity (Wildman–Crippen MR) is 119 cm³/mol. The lowest BCUT2D eigenvalue weighted by Gasteiger charge is -2.19. The molecule has 0 fully saturated rings. The molecule has 5 nitrogen and oxygen atoms in total. The van der Waals surface area contributed by atoms with Crippen LogP contribution in [0.3, 0.4) is 0 Å². The summed E-state index contributed by atoms with van der Waals surface area (Å²) in [7, 11) is 1.64. The molecule has 4 aromatic rings. The van der Waals surface area contributed by atoms with Crippen LogP contribution in [0.4, 0.5) is 5.13 Å². The van der Waals surface area contributed by atoms with Crippen LogP contribution in [0.15, 0.2) is 77.8 Å². The highest BCUT2D eigenvalue weighted by Gasteiger charge is 2.21. The maximum absolute atomic E-state index is 13.1. The molecule has 1 amide bonds. The number of aromatic nitrogens is 2. The second kappa shape index (κ2) is 9.07. The molecule has 4 rings (SSSR count). The fourth-order valence-corrected chi connectivity index (χ4v) is 4.60. The smallest absolute Gasteiger partial charge is 0.239 e. The van der Waals surface area contributed by atoms with E-state index in [1.54, 1.807) is 18.2 Å². The third kappa shape index (κ3) is 4.75. The van der Waals surface area contributed by atoms with E-state index < -0.39 is 0 Å². The van der Waals surface area contributed by atoms with Gasteiger partial charge < -0.3 is 4.74 Å². The molecule has 29 heavy (non-hydrogen) atoms. The van der Waals surface area contributed by atoms with Gasteiger partial charge in [-0.1, -0.05) is 35.6 Å². The Hall–Kier alpha value is -2.90. The number of nitrogens with zero attached hydrogens (tertiary/aromatic N) is 3. The Bertz CT molecular complexity index is 1100. The fraction of sp³-hybridized carbons (Fsp3) is 0.136. The lowest BCUT2D eigenvalue weighted by atomic mass is 10.3. The molecule has 0 saturated carbocycles. The van der Waals surface area contributed by atoms with E-state index in [9.17, 15) is 4.79 Å². The molecular weight excluding hydrogens is 402 g/mol. The fourth-order valence-electron chi connectivity index (χ4n) is 2.79. The number of carbonyl (C=O) groups is 1. The first-order valence-corrected chi connectivity index (χ1v) is 10.9. The van der Waals surface area contributed by atoms with Gasteiger partial charge in [0.25, 0.3) is 0 Å². The van der Waals surface area contributed by atoms with Gasteiger partial charge in [0.05, 0.1) is 35.3 Å². The number of rotatable bonds is 7. The maximum Gasteiger partial charge on any atom is 0.239 e. The second-order valence-electron chi connectivity index (χ2n) is 6.23. The number of carbonyl (C=O) groups excluding carboxylic acids is 1. The zero-order valence-corrected chi connectivity index (χ0v) is 17.5. The highest BCUT2D eigenvalue weighted by molar-refractivity contribution is 8.00. The van der Waals surface area contributed by atoms with Gasteiger partial charge in [-0.2, -0.15) is 0 Å². The Labute approximate surface area is 177 Å². The van der Waals surface area contributed by atoms with Crippen LogP contribution in [0.5, 0.6) is 5.75 Å². The number of fused-ring (bicyclic) bond motifs is 1. The molecule has 7 heteroatoms. The van der Waals surface area contributed by atoms with Crippen LogP contribution in [-0.4, -0.2) is 28.7 Å². The summed E-state index contributed by atoms with van der Waals surface area (Å²) >= 11 is 3.00. The van der Waals surface area contributed by atoms with E-state index in [4.69, 9.17) is 9.72 Å². The lowest BCUT2D eigenvalue weighted by Crippen LogP contribution is -2.32. The zero-order chi connectivity index (χ0) is 20.1. The third-order valence-electron chi connectivity index (χ3n) is 4.27. The quantitative estimate of drug-likeness (QED) is 0.392. The molecule has 0 bridgehead atoms. The van der Waals surface area contributed by atoms with Gasteiger partial charge in [-0.05, 0) is 42.5 Å². The molecule has 0 aliphatic carbocycles. The number of thiazole rings is 1. The Balaban J connectivity index is 1.61. The first kappa shape index (κ1) is 19.4. The summed E-state index contributed by atoms with van der Waals surface area (Å²) < 4.78 is 6.29. The number of anilines is 1. The minimum Gasteiger partial charge on any atom is -0.497 e. The van der Waals surface area contributed by atoms with E-state index in [0.29, 0.717) is 17.4 Å². The van der Waals surface area contributed by atoms with Crippen LogP contribution >= 0.6 is 23.1 Å². The van der Waals surface area contributed by atoms with Crippen LogP contribution in [0, 0.1) is 0 Å². The summed E-state index contributed by atoms with van der Waals surface area (Å²) in [5, 5.41) is 0.664. The summed E-state index contributed by atoms with van der Waals surface area (Å²) in [4.78, 5) is 25.0. The first-order valence-electron chi connectivity index (χ1n) is 9.05. The molecular formula is C22H19N3O2S2. The third-order valence-corrected chi connectivity index (χ3v) is 6.31. The minimum absolute atomic E-state index is 0.00414. The van der Waals surface area contributed by atoms with Crippen LogP contribution in [-0.2, 0) is 11.3 Å². The van der Waals surface area contributed by atoms with Crippen molar-refractivity contribution in [2.24, 2.45) is 0 Å². The average molecular weight is 422 g/mol. The van der Waals surface area contributed by atoms with Gasteiger partial charge in [0.15, 0.2) is 5.13 Å². The molecule has 0 aliphatic heterocycles. The van der Waals surface area contributed by atoms with E-state index in [2.05, 4.69) is 4.98 Å². The van der Waals surface area contributed by atoms with Gasteiger partial charge in [0, 0.05) is 11.1 Å². The van der Waals surface area contributed by atoms with Gasteiger partial charge in [0.1, 0.15) is 5.75 Å². The summed E-state index contributed by atoms with van der Waals surface area (Å²) in [5.41, 5.74) is 1.67. The molecule has 0 radical (unpaired) electrons. The van der Waals surface area contributed by atoms with Crippen molar-refractivity contribution in [3.05, 3.63) is 78.6 Å². The van der Waals surface area contributed by atoms with Crippen LogP contribution < -0.4 is 9.64 Å². The van der Waals surface area contributed by atoms with Crippen molar-refractivity contribution in [1.82, 2.24) is 9.97 Å². The maximum atomic E-state index is 13.1. The summed E-state index contributed by atoms with van der Waals surface area (Å²) in [6.45, 7) is 0.381. The Morgan fingerprint density at radius 3 is 2.69 bits per heavy atom. The van der Waals surface area contributed by atoms with Gasteiger partial charge in [-0.15, -0.1) is 11.8 Å². The van der Waals surface area contributed by atoms with E-state index in [1.165, 1.54) is 23.1 Å². The molecule has 0 atom stereocenters. The molecule has 2 heterocycles. The van der Waals surface area contributed by atoms with Crippen molar-refractivity contribution >= 4 is 44.4 Å². The first-order chi connectivity index (χ1) is 14.2. The number of benzene rings is 2. The number of amides is 1. The number of ether oxygens (including phenoxy) is 1. The summed E-state index contributed by atoms with van der Waals surface area (Å²) in [5.74, 6) is 1.10. The molecule has 0 N–H and O–H groups in total. The number of hydrogen-bond donors (Lipinski definition) is 0. The molecule has 0 aliphatic rings. The van der Waals surface area contributed by atoms with E-state index in [-0.39, 0.29) is 5.91 Å². The number of thioether (sulfide) groups is 1. The van der Waals surface area contributed by atoms with Crippen LogP contribution in [0.25, 0.3) is 10.2 Å². The van der Waals surface area contributed by atoms with Crippen LogP contribution in [0.2, 0.25) is 0 Å². The lowest BCUT2D eigenvalue weighted by molar-refractivity contribution is -0.116. The topological polar surface area (TPSA) is 55.3 Å². The van der Waals surface area contributed by atoms with Crippen LogP contribution in [0.1, 0.15) is 5.69 Å². The Morgan fingerprint density at radius 2 is 1.93 bits per heavy atom. The predicted octanol–water partition coefficient (Wildman–Crippen LogP) is 5.03. The number of hydrogen-bond acceptors (Lipinski definition) is 6. The largest absolute Gasteiger partial charge is 0.497 e. The normalized spacial score (nSPS) is 10.8. The number of pyridine rings is 1. The van der Waals surface area contributed by atoms with E-state index in [1.807, 2.05) is 66.7 Å². The van der Waals surface area contributed by atoms with Gasteiger partial charge in [-0.3, -0.25) is 14.7 Å². The summed E-state index contributed by atoms with van der Waals surface area (Å²) in [6, 6.07) is 21.4. The van der Waals surface area contributed by atoms with Crippen molar-refractivity contribution in [2.45, 2.75) is 11.4 Å². The minimum atomic E-state index is -0.00414. The van der Waals surface area contributed by atoms with E-state index in [0.717, 1.165) is 26.6 Å². The Morgan fingerprint density at radius 1 is 1.10 bits per heavy atom. The Kier molecular flexibility index (Phi) is 6.07. The van der Waals surface area contributed by atoms with E-state index >= 15 is 0 Å². The molecule has 0 spiro atoms. The van der Waals surface area contributed by atoms with Crippen molar-refractivity contribution in [3.8, 4) is 5.75 Å². The monoisotopic (exact) mass is 421 g/mol. The SMILES string of the molecule is COc1ccc2nc(N(Cc3ccccn3)C(=O)CSc3ccccc3)sc2c1. The van der Waals surface area contributed by atoms with Gasteiger partial charge >= 0.3 is 0 Å². The molecule has 146 valence electrons.